The Morgan fingerprint density at radius 1 is 0.682 bits per heavy atom. The third-order valence-corrected chi connectivity index (χ3v) is 9.10. The Kier molecular flexibility index (Phi) is 17.7. The van der Waals surface area contributed by atoms with Gasteiger partial charge >= 0.3 is 6.09 Å². The van der Waals surface area contributed by atoms with E-state index in [1.807, 2.05) is 19.1 Å². The Morgan fingerprint density at radius 2 is 1.18 bits per heavy atom. The minimum absolute atomic E-state index is 0.0293. The van der Waals surface area contributed by atoms with Crippen LogP contribution in [0.15, 0.2) is 48.5 Å². The number of fused-ring (bicyclic) bond motifs is 3. The molecule has 0 heterocycles. The zero-order valence-corrected chi connectivity index (χ0v) is 27.8. The van der Waals surface area contributed by atoms with Crippen molar-refractivity contribution in [2.75, 3.05) is 13.2 Å². The van der Waals surface area contributed by atoms with Gasteiger partial charge < -0.3 is 15.4 Å². The molecule has 0 aliphatic heterocycles. The SMILES string of the molecule is CCCCCCCCCCCCCCCCCC(=O)NCCCCC(C)NC(=O)OCC1c2ccccc2-c2ccccc21. The molecule has 5 heteroatoms. The zero-order valence-electron chi connectivity index (χ0n) is 27.8. The maximum absolute atomic E-state index is 12.5. The van der Waals surface area contributed by atoms with E-state index in [1.54, 1.807) is 0 Å². The van der Waals surface area contributed by atoms with Crippen molar-refractivity contribution in [2.24, 2.45) is 0 Å². The Balaban J connectivity index is 1.11. The van der Waals surface area contributed by atoms with Gasteiger partial charge in [-0.25, -0.2) is 4.79 Å². The number of unbranched alkanes of at least 4 members (excludes halogenated alkanes) is 15. The van der Waals surface area contributed by atoms with E-state index in [0.717, 1.165) is 32.1 Å². The van der Waals surface area contributed by atoms with Crippen molar-refractivity contribution >= 4 is 12.0 Å². The molecular weight excluding hydrogens is 544 g/mol. The Labute approximate surface area is 268 Å². The van der Waals surface area contributed by atoms with E-state index < -0.39 is 0 Å². The molecule has 2 aromatic carbocycles. The van der Waals surface area contributed by atoms with Gasteiger partial charge in [-0.05, 0) is 54.9 Å². The van der Waals surface area contributed by atoms with Crippen molar-refractivity contribution in [3.05, 3.63) is 59.7 Å². The summed E-state index contributed by atoms with van der Waals surface area (Å²) < 4.78 is 5.67. The predicted molar refractivity (Wildman–Crippen MR) is 184 cm³/mol. The molecule has 3 rings (SSSR count). The Hall–Kier alpha value is -2.82. The number of hydrogen-bond donors (Lipinski definition) is 2. The quantitative estimate of drug-likeness (QED) is 0.117. The summed E-state index contributed by atoms with van der Waals surface area (Å²) in [6, 6.07) is 16.8. The lowest BCUT2D eigenvalue weighted by atomic mass is 9.98. The molecule has 0 bridgehead atoms. The Bertz CT molecular complexity index is 1040. The minimum Gasteiger partial charge on any atom is -0.449 e. The van der Waals surface area contributed by atoms with Crippen LogP contribution in [-0.2, 0) is 9.53 Å². The van der Waals surface area contributed by atoms with E-state index in [9.17, 15) is 9.59 Å². The number of hydrogen-bond acceptors (Lipinski definition) is 3. The first-order chi connectivity index (χ1) is 21.6. The Morgan fingerprint density at radius 3 is 1.73 bits per heavy atom. The number of alkyl carbamates (subject to hydrolysis) is 1. The maximum atomic E-state index is 12.5. The zero-order chi connectivity index (χ0) is 31.2. The van der Waals surface area contributed by atoms with Gasteiger partial charge in [0.05, 0.1) is 0 Å². The molecule has 0 saturated heterocycles. The standard InChI is InChI=1S/C39H60N2O3/c1-3-4-5-6-7-8-9-10-11-12-13-14-15-16-17-29-38(42)40-30-23-22-24-32(2)41-39(43)44-31-37-35-27-20-18-25-33(35)34-26-19-21-28-36(34)37/h18-21,25-28,32,37H,3-17,22-24,29-31H2,1-2H3,(H,40,42)(H,41,43). The van der Waals surface area contributed by atoms with E-state index in [2.05, 4.69) is 54.0 Å². The summed E-state index contributed by atoms with van der Waals surface area (Å²) in [5.74, 6) is 0.242. The van der Waals surface area contributed by atoms with E-state index in [4.69, 9.17) is 4.74 Å². The largest absolute Gasteiger partial charge is 0.449 e. The summed E-state index contributed by atoms with van der Waals surface area (Å²) >= 11 is 0. The highest BCUT2D eigenvalue weighted by molar-refractivity contribution is 5.79. The third kappa shape index (κ3) is 13.4. The van der Waals surface area contributed by atoms with Gasteiger partial charge in [0.1, 0.15) is 6.61 Å². The summed E-state index contributed by atoms with van der Waals surface area (Å²) in [6.45, 7) is 5.32. The highest BCUT2D eigenvalue weighted by atomic mass is 16.5. The van der Waals surface area contributed by atoms with Gasteiger partial charge in [-0.3, -0.25) is 4.79 Å². The fourth-order valence-corrected chi connectivity index (χ4v) is 6.46. The van der Waals surface area contributed by atoms with Crippen LogP contribution in [0.25, 0.3) is 11.1 Å². The molecule has 2 aromatic rings. The maximum Gasteiger partial charge on any atom is 0.407 e. The van der Waals surface area contributed by atoms with Crippen LogP contribution in [-0.4, -0.2) is 31.2 Å². The van der Waals surface area contributed by atoms with Gasteiger partial charge in [0.25, 0.3) is 0 Å². The number of rotatable bonds is 24. The molecule has 1 aliphatic rings. The lowest BCUT2D eigenvalue weighted by Crippen LogP contribution is -2.34. The van der Waals surface area contributed by atoms with Crippen molar-refractivity contribution in [3.63, 3.8) is 0 Å². The summed E-state index contributed by atoms with van der Waals surface area (Å²) in [4.78, 5) is 24.7. The first kappa shape index (κ1) is 35.7. The second kappa shape index (κ2) is 21.8. The van der Waals surface area contributed by atoms with Crippen molar-refractivity contribution in [1.29, 1.82) is 0 Å². The molecule has 0 spiro atoms. The monoisotopic (exact) mass is 604 g/mol. The van der Waals surface area contributed by atoms with Crippen molar-refractivity contribution in [2.45, 2.75) is 148 Å². The number of ether oxygens (including phenoxy) is 1. The van der Waals surface area contributed by atoms with Gasteiger partial charge in [-0.2, -0.15) is 0 Å². The summed E-state index contributed by atoms with van der Waals surface area (Å²) in [7, 11) is 0. The normalized spacial score (nSPS) is 12.9. The number of benzene rings is 2. The lowest BCUT2D eigenvalue weighted by Gasteiger charge is -2.17. The molecule has 1 aliphatic carbocycles. The van der Waals surface area contributed by atoms with Crippen LogP contribution in [0.1, 0.15) is 153 Å². The first-order valence-corrected chi connectivity index (χ1v) is 18.0. The lowest BCUT2D eigenvalue weighted by molar-refractivity contribution is -0.121. The van der Waals surface area contributed by atoms with Gasteiger partial charge in [0, 0.05) is 24.9 Å². The van der Waals surface area contributed by atoms with Crippen LogP contribution in [0, 0.1) is 0 Å². The molecule has 2 amide bonds. The topological polar surface area (TPSA) is 67.4 Å². The van der Waals surface area contributed by atoms with Crippen LogP contribution < -0.4 is 10.6 Å². The van der Waals surface area contributed by atoms with Crippen molar-refractivity contribution in [1.82, 2.24) is 10.6 Å². The smallest absolute Gasteiger partial charge is 0.407 e. The van der Waals surface area contributed by atoms with E-state index >= 15 is 0 Å². The average Bonchev–Trinajstić information content (AvgIpc) is 3.35. The number of amides is 2. The second-order valence-electron chi connectivity index (χ2n) is 12.9. The van der Waals surface area contributed by atoms with Gasteiger partial charge in [-0.15, -0.1) is 0 Å². The molecule has 244 valence electrons. The number of carbonyl (C=O) groups is 2. The summed E-state index contributed by atoms with van der Waals surface area (Å²) in [5, 5.41) is 6.04. The van der Waals surface area contributed by atoms with Crippen LogP contribution in [0.3, 0.4) is 0 Å². The van der Waals surface area contributed by atoms with E-state index in [1.165, 1.54) is 106 Å². The van der Waals surface area contributed by atoms with Crippen LogP contribution in [0.5, 0.6) is 0 Å². The molecule has 0 saturated carbocycles. The van der Waals surface area contributed by atoms with Crippen LogP contribution in [0.2, 0.25) is 0 Å². The van der Waals surface area contributed by atoms with E-state index in [-0.39, 0.29) is 24.0 Å². The summed E-state index contributed by atoms with van der Waals surface area (Å²) in [5.41, 5.74) is 4.90. The van der Waals surface area contributed by atoms with Gasteiger partial charge in [-0.1, -0.05) is 145 Å². The fraction of sp³-hybridized carbons (Fsp3) is 0.641. The second-order valence-corrected chi connectivity index (χ2v) is 12.9. The summed E-state index contributed by atoms with van der Waals surface area (Å²) in [6.07, 6.45) is 23.1. The molecule has 44 heavy (non-hydrogen) atoms. The highest BCUT2D eigenvalue weighted by Gasteiger charge is 2.29. The van der Waals surface area contributed by atoms with Gasteiger partial charge in [0.2, 0.25) is 5.91 Å². The highest BCUT2D eigenvalue weighted by Crippen LogP contribution is 2.44. The molecule has 0 radical (unpaired) electrons. The molecule has 1 unspecified atom stereocenters. The van der Waals surface area contributed by atoms with Gasteiger partial charge in [0.15, 0.2) is 0 Å². The van der Waals surface area contributed by atoms with Crippen LogP contribution >= 0.6 is 0 Å². The molecule has 0 aromatic heterocycles. The average molecular weight is 605 g/mol. The van der Waals surface area contributed by atoms with Crippen LogP contribution in [0.4, 0.5) is 4.79 Å². The molecule has 1 atom stereocenters. The number of nitrogens with one attached hydrogen (secondary N) is 2. The van der Waals surface area contributed by atoms with Crippen molar-refractivity contribution in [3.8, 4) is 11.1 Å². The first-order valence-electron chi connectivity index (χ1n) is 18.0. The minimum atomic E-state index is -0.365. The predicted octanol–water partition coefficient (Wildman–Crippen LogP) is 10.5. The number of carbonyl (C=O) groups excluding carboxylic acids is 2. The molecule has 0 fully saturated rings. The molecule has 5 nitrogen and oxygen atoms in total. The van der Waals surface area contributed by atoms with E-state index in [0.29, 0.717) is 19.6 Å². The molecular formula is C39H60N2O3. The third-order valence-electron chi connectivity index (χ3n) is 9.10. The fourth-order valence-electron chi connectivity index (χ4n) is 6.46. The van der Waals surface area contributed by atoms with Crippen molar-refractivity contribution < 1.29 is 14.3 Å². The molecule has 2 N–H and O–H groups in total.